The van der Waals surface area contributed by atoms with Crippen LogP contribution in [0.1, 0.15) is 35.4 Å². The lowest BCUT2D eigenvalue weighted by Crippen LogP contribution is -2.33. The summed E-state index contributed by atoms with van der Waals surface area (Å²) in [5, 5.41) is 1.54. The lowest BCUT2D eigenvalue weighted by atomic mass is 9.88. The van der Waals surface area contributed by atoms with Crippen LogP contribution < -0.4 is 4.90 Å². The van der Waals surface area contributed by atoms with Gasteiger partial charge in [0.25, 0.3) is 20.1 Å². The van der Waals surface area contributed by atoms with Crippen molar-refractivity contribution in [2.75, 3.05) is 25.1 Å². The number of anilines is 1. The number of piperidine rings is 1. The third-order valence-electron chi connectivity index (χ3n) is 7.87. The molecule has 1 saturated heterocycles. The van der Waals surface area contributed by atoms with E-state index in [0.29, 0.717) is 29.6 Å². The van der Waals surface area contributed by atoms with Crippen LogP contribution in [0.3, 0.4) is 0 Å². The molecule has 3 aromatic heterocycles. The molecule has 0 atom stereocenters. The molecule has 9 nitrogen and oxygen atoms in total. The van der Waals surface area contributed by atoms with E-state index < -0.39 is 20.1 Å². The van der Waals surface area contributed by atoms with Gasteiger partial charge in [-0.05, 0) is 68.5 Å². The van der Waals surface area contributed by atoms with E-state index in [1.807, 2.05) is 26.0 Å². The molecule has 0 N–H and O–H groups in total. The first-order valence-electron chi connectivity index (χ1n) is 13.3. The molecule has 0 amide bonds. The van der Waals surface area contributed by atoms with E-state index in [0.717, 1.165) is 40.6 Å². The van der Waals surface area contributed by atoms with Crippen LogP contribution in [0.25, 0.3) is 21.9 Å². The summed E-state index contributed by atoms with van der Waals surface area (Å²) < 4.78 is 58.3. The summed E-state index contributed by atoms with van der Waals surface area (Å²) in [4.78, 5) is 11.7. The third-order valence-corrected chi connectivity index (χ3v) is 10.9. The van der Waals surface area contributed by atoms with Crippen LogP contribution >= 0.6 is 0 Å². The Bertz CT molecular complexity index is 1990. The van der Waals surface area contributed by atoms with Crippen molar-refractivity contribution in [3.63, 3.8) is 0 Å². The number of benzene rings is 2. The second-order valence-corrected chi connectivity index (χ2v) is 13.9. The normalized spacial score (nSPS) is 15.1. The van der Waals surface area contributed by atoms with Crippen LogP contribution in [0, 0.1) is 13.8 Å². The summed E-state index contributed by atoms with van der Waals surface area (Å²) in [6.45, 7) is 5.25. The Morgan fingerprint density at radius 3 is 2.29 bits per heavy atom. The molecule has 2 aromatic carbocycles. The predicted molar refractivity (Wildman–Crippen MR) is 158 cm³/mol. The highest BCUT2D eigenvalue weighted by Crippen LogP contribution is 2.38. The fraction of sp³-hybridized carbons (Fsp3) is 0.267. The maximum Gasteiger partial charge on any atom is 0.296 e. The summed E-state index contributed by atoms with van der Waals surface area (Å²) in [5.74, 6) is 0.0570. The Morgan fingerprint density at radius 2 is 1.59 bits per heavy atom. The van der Waals surface area contributed by atoms with Gasteiger partial charge in [0.05, 0.1) is 28.6 Å². The molecule has 5 aromatic rings. The molecule has 0 saturated carbocycles. The van der Waals surface area contributed by atoms with Crippen molar-refractivity contribution in [3.05, 3.63) is 89.9 Å². The van der Waals surface area contributed by atoms with Crippen molar-refractivity contribution in [2.45, 2.75) is 42.4 Å². The summed E-state index contributed by atoms with van der Waals surface area (Å²) in [6, 6.07) is 15.8. The van der Waals surface area contributed by atoms with Gasteiger partial charge in [0.2, 0.25) is 0 Å². The first-order valence-corrected chi connectivity index (χ1v) is 16.2. The maximum absolute atomic E-state index is 13.5. The summed E-state index contributed by atoms with van der Waals surface area (Å²) in [7, 11) is -6.48. The Morgan fingerprint density at radius 1 is 0.878 bits per heavy atom. The van der Waals surface area contributed by atoms with Crippen LogP contribution in [-0.4, -0.2) is 51.0 Å². The molecular formula is C30H30N4O5S2. The van der Waals surface area contributed by atoms with Gasteiger partial charge < -0.3 is 4.90 Å². The Kier molecular flexibility index (Phi) is 6.83. The zero-order valence-corrected chi connectivity index (χ0v) is 24.6. The van der Waals surface area contributed by atoms with Gasteiger partial charge in [-0.1, -0.05) is 35.4 Å². The Labute approximate surface area is 239 Å². The number of hydrogen-bond acceptors (Lipinski definition) is 8. The topological polar surface area (TPSA) is 111 Å². The molecule has 0 bridgehead atoms. The molecule has 212 valence electrons. The molecule has 6 rings (SSSR count). The highest BCUT2D eigenvalue weighted by atomic mass is 32.2. The second kappa shape index (κ2) is 10.2. The first-order chi connectivity index (χ1) is 19.6. The van der Waals surface area contributed by atoms with E-state index in [1.165, 1.54) is 11.1 Å². The number of rotatable bonds is 6. The van der Waals surface area contributed by atoms with Gasteiger partial charge in [-0.3, -0.25) is 9.17 Å². The Balaban J connectivity index is 1.36. The van der Waals surface area contributed by atoms with Crippen molar-refractivity contribution < 1.29 is 21.0 Å². The van der Waals surface area contributed by atoms with E-state index in [4.69, 9.17) is 4.18 Å². The Hall–Kier alpha value is -3.80. The SMILES string of the molecule is COS(=O)(=O)c1ccc(C)cc1C1CCN(c2ccnc3cnc4c(ccn4S(=O)(=O)c4ccc(C)cc4)c23)CC1. The molecule has 0 radical (unpaired) electrons. The number of aromatic nitrogens is 3. The molecule has 0 unspecified atom stereocenters. The van der Waals surface area contributed by atoms with E-state index in [-0.39, 0.29) is 15.7 Å². The molecule has 11 heteroatoms. The highest BCUT2D eigenvalue weighted by Gasteiger charge is 2.29. The van der Waals surface area contributed by atoms with Crippen LogP contribution in [0.2, 0.25) is 0 Å². The minimum atomic E-state index is -3.84. The summed E-state index contributed by atoms with van der Waals surface area (Å²) in [6.07, 6.45) is 6.39. The van der Waals surface area contributed by atoms with Gasteiger partial charge in [-0.15, -0.1) is 0 Å². The smallest absolute Gasteiger partial charge is 0.296 e. The van der Waals surface area contributed by atoms with Crippen molar-refractivity contribution in [1.82, 2.24) is 13.9 Å². The standard InChI is InChI=1S/C30H30N4O5S2/c1-20-4-7-23(8-5-20)40(35,36)34-17-13-24-29-26(19-32-30(24)34)31-14-10-27(29)33-15-11-22(12-16-33)25-18-21(2)6-9-28(25)41(37,38)39-3/h4-10,13-14,17-19,22H,11-12,15-16H2,1-3H3. The van der Waals surface area contributed by atoms with E-state index in [2.05, 4.69) is 14.9 Å². The minimum Gasteiger partial charge on any atom is -0.371 e. The van der Waals surface area contributed by atoms with E-state index >= 15 is 0 Å². The van der Waals surface area contributed by atoms with Crippen molar-refractivity contribution in [2.24, 2.45) is 0 Å². The van der Waals surface area contributed by atoms with Crippen molar-refractivity contribution in [1.29, 1.82) is 0 Å². The number of aryl methyl sites for hydroxylation is 2. The average Bonchev–Trinajstić information content (AvgIpc) is 3.42. The molecule has 1 fully saturated rings. The van der Waals surface area contributed by atoms with Crippen LogP contribution in [0.4, 0.5) is 5.69 Å². The van der Waals surface area contributed by atoms with Gasteiger partial charge in [-0.2, -0.15) is 8.42 Å². The van der Waals surface area contributed by atoms with Gasteiger partial charge in [0, 0.05) is 41.9 Å². The predicted octanol–water partition coefficient (Wildman–Crippen LogP) is 5.16. The zero-order valence-electron chi connectivity index (χ0n) is 23.0. The molecule has 1 aliphatic heterocycles. The van der Waals surface area contributed by atoms with Gasteiger partial charge in [-0.25, -0.2) is 17.4 Å². The summed E-state index contributed by atoms with van der Waals surface area (Å²) >= 11 is 0. The number of nitrogens with zero attached hydrogens (tertiary/aromatic N) is 4. The molecule has 0 aliphatic carbocycles. The number of fused-ring (bicyclic) bond motifs is 3. The largest absolute Gasteiger partial charge is 0.371 e. The van der Waals surface area contributed by atoms with Crippen LogP contribution in [0.5, 0.6) is 0 Å². The van der Waals surface area contributed by atoms with Crippen molar-refractivity contribution >= 4 is 47.8 Å². The molecule has 41 heavy (non-hydrogen) atoms. The highest BCUT2D eigenvalue weighted by molar-refractivity contribution is 7.90. The van der Waals surface area contributed by atoms with Gasteiger partial charge in [0.15, 0.2) is 5.65 Å². The second-order valence-electron chi connectivity index (χ2n) is 10.4. The minimum absolute atomic E-state index is 0.0570. The lowest BCUT2D eigenvalue weighted by molar-refractivity contribution is 0.395. The van der Waals surface area contributed by atoms with Crippen molar-refractivity contribution in [3.8, 4) is 0 Å². The zero-order chi connectivity index (χ0) is 28.9. The quantitative estimate of drug-likeness (QED) is 0.250. The lowest BCUT2D eigenvalue weighted by Gasteiger charge is -2.35. The fourth-order valence-electron chi connectivity index (χ4n) is 5.71. The van der Waals surface area contributed by atoms with Gasteiger partial charge >= 0.3 is 0 Å². The van der Waals surface area contributed by atoms with Crippen LogP contribution in [0.15, 0.2) is 83.0 Å². The number of hydrogen-bond donors (Lipinski definition) is 0. The van der Waals surface area contributed by atoms with Crippen LogP contribution in [-0.2, 0) is 24.3 Å². The number of pyridine rings is 2. The molecular weight excluding hydrogens is 560 g/mol. The first kappa shape index (κ1) is 27.4. The van der Waals surface area contributed by atoms with E-state index in [1.54, 1.807) is 61.1 Å². The monoisotopic (exact) mass is 590 g/mol. The van der Waals surface area contributed by atoms with E-state index in [9.17, 15) is 16.8 Å². The average molecular weight is 591 g/mol. The third kappa shape index (κ3) is 4.77. The maximum atomic E-state index is 13.5. The summed E-state index contributed by atoms with van der Waals surface area (Å²) in [5.41, 5.74) is 4.73. The molecule has 0 spiro atoms. The molecule has 1 aliphatic rings. The van der Waals surface area contributed by atoms with Gasteiger partial charge in [0.1, 0.15) is 0 Å². The fourth-order valence-corrected chi connectivity index (χ4v) is 7.94. The molecule has 4 heterocycles.